The van der Waals surface area contributed by atoms with Gasteiger partial charge in [0.25, 0.3) is 5.69 Å². The molecule has 1 aromatic heterocycles. The SMILES string of the molecule is COC(Cn1ccc2ccc([N+](=O)[O-])cc21)OC. The first-order valence-corrected chi connectivity index (χ1v) is 5.44. The second-order valence-corrected chi connectivity index (χ2v) is 3.87. The van der Waals surface area contributed by atoms with Crippen LogP contribution in [-0.2, 0) is 16.0 Å². The quantitative estimate of drug-likeness (QED) is 0.463. The Morgan fingerprint density at radius 2 is 2.06 bits per heavy atom. The average molecular weight is 250 g/mol. The number of ether oxygens (including phenoxy) is 2. The number of aromatic nitrogens is 1. The number of methoxy groups -OCH3 is 2. The normalized spacial score (nSPS) is 11.3. The van der Waals surface area contributed by atoms with Crippen molar-refractivity contribution in [3.05, 3.63) is 40.6 Å². The van der Waals surface area contributed by atoms with Crippen molar-refractivity contribution in [2.24, 2.45) is 0 Å². The van der Waals surface area contributed by atoms with Crippen LogP contribution < -0.4 is 0 Å². The van der Waals surface area contributed by atoms with Gasteiger partial charge in [0.05, 0.1) is 17.0 Å². The highest BCUT2D eigenvalue weighted by atomic mass is 16.7. The predicted octanol–water partition coefficient (Wildman–Crippen LogP) is 2.17. The molecule has 2 rings (SSSR count). The molecular weight excluding hydrogens is 236 g/mol. The Bertz CT molecular complexity index is 560. The van der Waals surface area contributed by atoms with Crippen molar-refractivity contribution >= 4 is 16.6 Å². The molecule has 96 valence electrons. The largest absolute Gasteiger partial charge is 0.354 e. The Labute approximate surface area is 104 Å². The summed E-state index contributed by atoms with van der Waals surface area (Å²) in [7, 11) is 3.12. The van der Waals surface area contributed by atoms with Gasteiger partial charge in [0.2, 0.25) is 0 Å². The van der Waals surface area contributed by atoms with Crippen LogP contribution in [0.3, 0.4) is 0 Å². The molecule has 6 nitrogen and oxygen atoms in total. The van der Waals surface area contributed by atoms with Crippen molar-refractivity contribution in [3.8, 4) is 0 Å². The van der Waals surface area contributed by atoms with Gasteiger partial charge in [-0.05, 0) is 12.1 Å². The van der Waals surface area contributed by atoms with Gasteiger partial charge in [-0.3, -0.25) is 10.1 Å². The monoisotopic (exact) mass is 250 g/mol. The molecule has 0 amide bonds. The molecule has 0 saturated carbocycles. The van der Waals surface area contributed by atoms with Crippen molar-refractivity contribution in [1.82, 2.24) is 4.57 Å². The number of nitrogens with zero attached hydrogens (tertiary/aromatic N) is 2. The lowest BCUT2D eigenvalue weighted by molar-refractivity contribution is -0.384. The fourth-order valence-corrected chi connectivity index (χ4v) is 1.85. The summed E-state index contributed by atoms with van der Waals surface area (Å²) >= 11 is 0. The maximum Gasteiger partial charge on any atom is 0.271 e. The molecule has 0 fully saturated rings. The summed E-state index contributed by atoms with van der Waals surface area (Å²) in [5, 5.41) is 11.7. The lowest BCUT2D eigenvalue weighted by atomic mass is 10.2. The number of rotatable bonds is 5. The molecule has 0 aliphatic carbocycles. The van der Waals surface area contributed by atoms with Crippen molar-refractivity contribution in [2.75, 3.05) is 14.2 Å². The summed E-state index contributed by atoms with van der Waals surface area (Å²) in [5.41, 5.74) is 0.872. The predicted molar refractivity (Wildman–Crippen MR) is 66.4 cm³/mol. The van der Waals surface area contributed by atoms with Crippen LogP contribution in [0.4, 0.5) is 5.69 Å². The Morgan fingerprint density at radius 1 is 1.33 bits per heavy atom. The third kappa shape index (κ3) is 2.34. The molecule has 0 saturated heterocycles. The van der Waals surface area contributed by atoms with Crippen LogP contribution in [-0.4, -0.2) is 30.0 Å². The van der Waals surface area contributed by atoms with Gasteiger partial charge in [-0.1, -0.05) is 0 Å². The summed E-state index contributed by atoms with van der Waals surface area (Å²) < 4.78 is 12.1. The van der Waals surface area contributed by atoms with Gasteiger partial charge >= 0.3 is 0 Å². The maximum absolute atomic E-state index is 10.8. The van der Waals surface area contributed by atoms with Crippen LogP contribution in [0.2, 0.25) is 0 Å². The molecule has 0 radical (unpaired) electrons. The van der Waals surface area contributed by atoms with Gasteiger partial charge in [-0.2, -0.15) is 0 Å². The van der Waals surface area contributed by atoms with E-state index in [1.807, 2.05) is 16.8 Å². The van der Waals surface area contributed by atoms with Gasteiger partial charge in [-0.15, -0.1) is 0 Å². The molecule has 1 aromatic carbocycles. The number of nitro groups is 1. The van der Waals surface area contributed by atoms with Crippen LogP contribution in [0.5, 0.6) is 0 Å². The lowest BCUT2D eigenvalue weighted by Crippen LogP contribution is -2.19. The second kappa shape index (κ2) is 5.16. The fourth-order valence-electron chi connectivity index (χ4n) is 1.85. The minimum atomic E-state index is -0.402. The minimum Gasteiger partial charge on any atom is -0.354 e. The van der Waals surface area contributed by atoms with Gasteiger partial charge in [0.1, 0.15) is 0 Å². The first-order chi connectivity index (χ1) is 8.65. The van der Waals surface area contributed by atoms with Crippen molar-refractivity contribution < 1.29 is 14.4 Å². The topological polar surface area (TPSA) is 66.5 Å². The van der Waals surface area contributed by atoms with Crippen molar-refractivity contribution in [3.63, 3.8) is 0 Å². The van der Waals surface area contributed by atoms with E-state index in [9.17, 15) is 10.1 Å². The zero-order chi connectivity index (χ0) is 13.1. The van der Waals surface area contributed by atoms with Gasteiger partial charge in [-0.25, -0.2) is 0 Å². The van der Waals surface area contributed by atoms with Gasteiger partial charge in [0, 0.05) is 37.9 Å². The first-order valence-electron chi connectivity index (χ1n) is 5.44. The van der Waals surface area contributed by atoms with Crippen LogP contribution in [0.1, 0.15) is 0 Å². The zero-order valence-electron chi connectivity index (χ0n) is 10.2. The van der Waals surface area contributed by atoms with Gasteiger partial charge in [0.15, 0.2) is 6.29 Å². The van der Waals surface area contributed by atoms with Crippen molar-refractivity contribution in [2.45, 2.75) is 12.8 Å². The first kappa shape index (κ1) is 12.5. The number of hydrogen-bond donors (Lipinski definition) is 0. The van der Waals surface area contributed by atoms with E-state index in [1.165, 1.54) is 6.07 Å². The average Bonchev–Trinajstić information content (AvgIpc) is 2.78. The molecule has 0 unspecified atom stereocenters. The summed E-state index contributed by atoms with van der Waals surface area (Å²) in [4.78, 5) is 10.4. The standard InChI is InChI=1S/C12H14N2O4/c1-17-12(18-2)8-13-6-5-9-3-4-10(14(15)16)7-11(9)13/h3-7,12H,8H2,1-2H3. The third-order valence-electron chi connectivity index (χ3n) is 2.84. The molecule has 0 atom stereocenters. The van der Waals surface area contributed by atoms with Gasteiger partial charge < -0.3 is 14.0 Å². The van der Waals surface area contributed by atoms with E-state index in [4.69, 9.17) is 9.47 Å². The summed E-state index contributed by atoms with van der Waals surface area (Å²) in [6.07, 6.45) is 1.49. The number of non-ortho nitro benzene ring substituents is 1. The molecule has 0 bridgehead atoms. The summed E-state index contributed by atoms with van der Waals surface area (Å²) in [6.45, 7) is 0.484. The van der Waals surface area contributed by atoms with Crippen LogP contribution in [0, 0.1) is 10.1 Å². The fraction of sp³-hybridized carbons (Fsp3) is 0.333. The molecule has 1 heterocycles. The number of fused-ring (bicyclic) bond motifs is 1. The van der Waals surface area contributed by atoms with E-state index in [1.54, 1.807) is 26.4 Å². The van der Waals surface area contributed by atoms with Crippen molar-refractivity contribution in [1.29, 1.82) is 0 Å². The maximum atomic E-state index is 10.8. The Kier molecular flexibility index (Phi) is 3.59. The lowest BCUT2D eigenvalue weighted by Gasteiger charge is -2.14. The number of nitro benzene ring substituents is 1. The highest BCUT2D eigenvalue weighted by Crippen LogP contribution is 2.22. The second-order valence-electron chi connectivity index (χ2n) is 3.87. The molecular formula is C12H14N2O4. The summed E-state index contributed by atoms with van der Waals surface area (Å²) in [6, 6.07) is 6.69. The molecule has 0 aliphatic heterocycles. The van der Waals surface area contributed by atoms with Crippen LogP contribution >= 0.6 is 0 Å². The van der Waals surface area contributed by atoms with E-state index in [2.05, 4.69) is 0 Å². The molecule has 0 N–H and O–H groups in total. The van der Waals surface area contributed by atoms with E-state index >= 15 is 0 Å². The van der Waals surface area contributed by atoms with E-state index in [-0.39, 0.29) is 12.0 Å². The number of benzene rings is 1. The number of hydrogen-bond acceptors (Lipinski definition) is 4. The Hall–Kier alpha value is -1.92. The van der Waals surface area contributed by atoms with E-state index in [0.717, 1.165) is 10.9 Å². The highest BCUT2D eigenvalue weighted by Gasteiger charge is 2.12. The minimum absolute atomic E-state index is 0.0776. The van der Waals surface area contributed by atoms with E-state index < -0.39 is 4.92 Å². The van der Waals surface area contributed by atoms with E-state index in [0.29, 0.717) is 6.54 Å². The summed E-state index contributed by atoms with van der Waals surface area (Å²) in [5.74, 6) is 0. The Morgan fingerprint density at radius 3 is 2.67 bits per heavy atom. The Balaban J connectivity index is 2.39. The van der Waals surface area contributed by atoms with Crippen LogP contribution in [0.15, 0.2) is 30.5 Å². The molecule has 2 aromatic rings. The highest BCUT2D eigenvalue weighted by molar-refractivity contribution is 5.82. The molecule has 6 heteroatoms. The van der Waals surface area contributed by atoms with Crippen LogP contribution in [0.25, 0.3) is 10.9 Å². The zero-order valence-corrected chi connectivity index (χ0v) is 10.2. The molecule has 0 aliphatic rings. The molecule has 0 spiro atoms. The smallest absolute Gasteiger partial charge is 0.271 e. The molecule has 18 heavy (non-hydrogen) atoms. The third-order valence-corrected chi connectivity index (χ3v) is 2.84.